The van der Waals surface area contributed by atoms with Gasteiger partial charge in [0.05, 0.1) is 0 Å². The van der Waals surface area contributed by atoms with Gasteiger partial charge in [0.1, 0.15) is 10.0 Å². The van der Waals surface area contributed by atoms with E-state index in [1.807, 2.05) is 84.9 Å². The van der Waals surface area contributed by atoms with Crippen LogP contribution in [0.25, 0.3) is 10.5 Å². The number of hydrogen-bond acceptors (Lipinski definition) is 2. The van der Waals surface area contributed by atoms with Crippen LogP contribution < -0.4 is 0 Å². The van der Waals surface area contributed by atoms with Crippen molar-refractivity contribution in [2.45, 2.75) is 44.7 Å². The number of aryl methyl sites for hydroxylation is 4. The third-order valence-electron chi connectivity index (χ3n) is 5.55. The summed E-state index contributed by atoms with van der Waals surface area (Å²) in [5.74, 6) is 0. The molecule has 0 bridgehead atoms. The molecule has 4 aromatic rings. The Hall–Kier alpha value is -2.34. The summed E-state index contributed by atoms with van der Waals surface area (Å²) in [4.78, 5) is 0.143. The molecule has 7 heteroatoms. The van der Waals surface area contributed by atoms with Crippen LogP contribution in [0.5, 0.6) is 0 Å². The summed E-state index contributed by atoms with van der Waals surface area (Å²) in [5, 5.41) is 0. The molecule has 4 nitrogen and oxygen atoms in total. The second-order valence-electron chi connectivity index (χ2n) is 8.80. The standard InChI is InChI=1S/C21H20N2O2S.C9H12.ClH.Ru/c1-16-12-14-19(15-13-16)26(24,25)23-21(18-10-6-3-7-11-18)20(22)17-8-4-2-5-9-17;1-7-4-8(2)6-9(3)5-7;;/h2-15,20-22H,1H3;4-6H,1-3H3;1H;/q-2;;;+3/p-1/t20-,21-;;;/m1.../s1. The van der Waals surface area contributed by atoms with E-state index < -0.39 is 22.1 Å². The molecule has 0 saturated heterocycles. The first-order chi connectivity index (χ1) is 17.7. The molecule has 0 aliphatic carbocycles. The van der Waals surface area contributed by atoms with Crippen LogP contribution in [-0.4, -0.2) is 8.42 Å². The van der Waals surface area contributed by atoms with Gasteiger partial charge < -0.3 is 10.5 Å². The average molecular weight is 621 g/mol. The summed E-state index contributed by atoms with van der Waals surface area (Å²) in [6.45, 7) is 8.27. The normalized spacial score (nSPS) is 12.3. The fourth-order valence-corrected chi connectivity index (χ4v) is 5.07. The molecule has 0 amide bonds. The molecule has 0 aliphatic heterocycles. The van der Waals surface area contributed by atoms with Crippen molar-refractivity contribution in [3.63, 3.8) is 0 Å². The zero-order chi connectivity index (χ0) is 27.4. The van der Waals surface area contributed by atoms with Gasteiger partial charge in [0.15, 0.2) is 0 Å². The van der Waals surface area contributed by atoms with E-state index in [2.05, 4.69) is 53.4 Å². The Morgan fingerprint density at radius 2 is 1.05 bits per heavy atom. The van der Waals surface area contributed by atoms with Gasteiger partial charge >= 0.3 is 27.0 Å². The Morgan fingerprint density at radius 3 is 1.49 bits per heavy atom. The van der Waals surface area contributed by atoms with Gasteiger partial charge in [-0.25, -0.2) is 8.42 Å². The van der Waals surface area contributed by atoms with Crippen LogP contribution in [0.3, 0.4) is 0 Å². The average Bonchev–Trinajstić information content (AvgIpc) is 2.89. The topological polar surface area (TPSA) is 72.0 Å². The Morgan fingerprint density at radius 1 is 0.649 bits per heavy atom. The Bertz CT molecular complexity index is 1280. The van der Waals surface area contributed by atoms with E-state index in [4.69, 9.17) is 5.73 Å². The number of hydrogen-bond donors (Lipinski definition) is 0. The SMILES string of the molecule is Cc1cc(C)cc(C)c1.Cc1ccc(S(=O)(=O)[N-][C@H](c2ccccc2)[C@H]([NH-])c2ccccc2)cc1.[Cl][Ru+2]. The summed E-state index contributed by atoms with van der Waals surface area (Å²) >= 11 is 1.82. The number of benzene rings is 4. The molecule has 0 spiro atoms. The van der Waals surface area contributed by atoms with Gasteiger partial charge in [0, 0.05) is 4.90 Å². The maximum atomic E-state index is 12.8. The zero-order valence-electron chi connectivity index (χ0n) is 21.4. The Labute approximate surface area is 236 Å². The fraction of sp³-hybridized carbons (Fsp3) is 0.200. The van der Waals surface area contributed by atoms with Crippen molar-refractivity contribution < 1.29 is 25.7 Å². The first-order valence-electron chi connectivity index (χ1n) is 11.7. The van der Waals surface area contributed by atoms with E-state index in [1.165, 1.54) is 16.7 Å². The predicted molar refractivity (Wildman–Crippen MR) is 151 cm³/mol. The van der Waals surface area contributed by atoms with Crippen LogP contribution >= 0.6 is 9.69 Å². The van der Waals surface area contributed by atoms with E-state index in [0.717, 1.165) is 11.1 Å². The molecule has 0 saturated carbocycles. The van der Waals surface area contributed by atoms with Crippen molar-refractivity contribution in [2.75, 3.05) is 0 Å². The van der Waals surface area contributed by atoms with Crippen molar-refractivity contribution in [2.24, 2.45) is 0 Å². The first kappa shape index (κ1) is 30.9. The molecule has 37 heavy (non-hydrogen) atoms. The van der Waals surface area contributed by atoms with Crippen LogP contribution in [0.1, 0.15) is 45.5 Å². The van der Waals surface area contributed by atoms with E-state index in [-0.39, 0.29) is 4.90 Å². The number of sulfonamides is 1. The summed E-state index contributed by atoms with van der Waals surface area (Å²) in [6, 6.07) is 29.8. The fourth-order valence-electron chi connectivity index (χ4n) is 3.93. The molecule has 0 heterocycles. The van der Waals surface area contributed by atoms with E-state index in [0.29, 0.717) is 5.56 Å². The predicted octanol–water partition coefficient (Wildman–Crippen LogP) is 8.89. The van der Waals surface area contributed by atoms with Gasteiger partial charge in [-0.2, -0.15) is 0 Å². The number of nitrogens with zero attached hydrogens (tertiary/aromatic N) is 1. The van der Waals surface area contributed by atoms with Crippen LogP contribution in [0.2, 0.25) is 0 Å². The van der Waals surface area contributed by atoms with Crippen molar-refractivity contribution >= 4 is 19.7 Å². The molecular weight excluding hydrogens is 589 g/mol. The molecule has 4 rings (SSSR count). The molecule has 2 atom stereocenters. The molecule has 0 aromatic heterocycles. The molecule has 0 fully saturated rings. The zero-order valence-corrected chi connectivity index (χ0v) is 24.7. The molecule has 1 N–H and O–H groups in total. The van der Waals surface area contributed by atoms with Crippen molar-refractivity contribution in [3.05, 3.63) is 147 Å². The van der Waals surface area contributed by atoms with Crippen LogP contribution in [0.4, 0.5) is 0 Å². The third-order valence-corrected chi connectivity index (χ3v) is 6.93. The van der Waals surface area contributed by atoms with Crippen LogP contribution in [0.15, 0.2) is 108 Å². The van der Waals surface area contributed by atoms with Crippen molar-refractivity contribution in [1.29, 1.82) is 0 Å². The number of nitrogens with one attached hydrogen (secondary N) is 1. The van der Waals surface area contributed by atoms with Crippen molar-refractivity contribution in [1.82, 2.24) is 0 Å². The quantitative estimate of drug-likeness (QED) is 0.202. The minimum absolute atomic E-state index is 0.143. The molecule has 0 unspecified atom stereocenters. The van der Waals surface area contributed by atoms with Gasteiger partial charge in [-0.3, -0.25) is 0 Å². The van der Waals surface area contributed by atoms with Crippen LogP contribution in [-0.2, 0) is 27.3 Å². The second-order valence-corrected chi connectivity index (χ2v) is 10.4. The summed E-state index contributed by atoms with van der Waals surface area (Å²) in [5.41, 5.74) is 15.1. The minimum atomic E-state index is -3.87. The summed E-state index contributed by atoms with van der Waals surface area (Å²) in [6.07, 6.45) is 0. The first-order valence-corrected chi connectivity index (χ1v) is 15.4. The van der Waals surface area contributed by atoms with E-state index in [9.17, 15) is 8.42 Å². The van der Waals surface area contributed by atoms with Crippen LogP contribution in [0, 0.1) is 27.7 Å². The number of halogens is 1. The second kappa shape index (κ2) is 15.2. The summed E-state index contributed by atoms with van der Waals surface area (Å²) in [7, 11) is 0.696. The molecule has 4 aromatic carbocycles. The van der Waals surface area contributed by atoms with E-state index >= 15 is 0 Å². The van der Waals surface area contributed by atoms with Gasteiger partial charge in [0.25, 0.3) is 0 Å². The Kier molecular flexibility index (Phi) is 12.7. The molecular formula is C30H32ClN2O2RuS. The molecule has 195 valence electrons. The Balaban J connectivity index is 0.000000367. The monoisotopic (exact) mass is 621 g/mol. The third kappa shape index (κ3) is 9.81. The maximum absolute atomic E-state index is 12.8. The van der Waals surface area contributed by atoms with Gasteiger partial charge in [-0.05, 0) is 39.8 Å². The van der Waals surface area contributed by atoms with Gasteiger partial charge in [-0.1, -0.05) is 124 Å². The molecule has 0 radical (unpaired) electrons. The van der Waals surface area contributed by atoms with Gasteiger partial charge in [0.2, 0.25) is 0 Å². The van der Waals surface area contributed by atoms with Crippen molar-refractivity contribution in [3.8, 4) is 0 Å². The van der Waals surface area contributed by atoms with E-state index in [1.54, 1.807) is 24.3 Å². The molecule has 0 aliphatic rings. The van der Waals surface area contributed by atoms with Gasteiger partial charge in [-0.15, -0.1) is 12.1 Å². The summed E-state index contributed by atoms with van der Waals surface area (Å²) < 4.78 is 29.8. The number of rotatable bonds is 6.